The van der Waals surface area contributed by atoms with Gasteiger partial charge in [0.1, 0.15) is 12.0 Å². The van der Waals surface area contributed by atoms with Crippen LogP contribution in [0.3, 0.4) is 0 Å². The Morgan fingerprint density at radius 1 is 1.43 bits per heavy atom. The van der Waals surface area contributed by atoms with Gasteiger partial charge in [0.15, 0.2) is 5.75 Å². The van der Waals surface area contributed by atoms with Crippen LogP contribution in [-0.4, -0.2) is 18.2 Å². The van der Waals surface area contributed by atoms with Crippen LogP contribution >= 0.6 is 0 Å². The quantitative estimate of drug-likeness (QED) is 0.445. The van der Waals surface area contributed by atoms with Gasteiger partial charge in [0.05, 0.1) is 0 Å². The molecule has 0 saturated heterocycles. The molecule has 0 aliphatic carbocycles. The van der Waals surface area contributed by atoms with Gasteiger partial charge in [0, 0.05) is 0 Å². The van der Waals surface area contributed by atoms with Crippen molar-refractivity contribution < 1.29 is 18.7 Å². The molecule has 0 radical (unpaired) electrons. The van der Waals surface area contributed by atoms with Crippen molar-refractivity contribution in [2.45, 2.75) is 6.61 Å². The minimum atomic E-state index is -2.89. The molecule has 0 bridgehead atoms. The summed E-state index contributed by atoms with van der Waals surface area (Å²) in [6.45, 7) is -2.89. The first-order valence-electron chi connectivity index (χ1n) is 3.70. The average molecular weight is 202 g/mol. The van der Waals surface area contributed by atoms with E-state index in [9.17, 15) is 8.78 Å². The summed E-state index contributed by atoms with van der Waals surface area (Å²) in [5.41, 5.74) is 1.87. The van der Waals surface area contributed by atoms with Crippen molar-refractivity contribution in [1.29, 1.82) is 0 Å². The molecule has 1 rings (SSSR count). The number of hydrogen-bond acceptors (Lipinski definition) is 3. The molecule has 14 heavy (non-hydrogen) atoms. The maximum Gasteiger partial charge on any atom is 0.387 e. The van der Waals surface area contributed by atoms with Gasteiger partial charge >= 0.3 is 6.61 Å². The number of rotatable bonds is 4. The second kappa shape index (κ2) is 5.13. The number of alkyl halides is 2. The average Bonchev–Trinajstić information content (AvgIpc) is 2.16. The summed E-state index contributed by atoms with van der Waals surface area (Å²) >= 11 is 0. The van der Waals surface area contributed by atoms with Crippen molar-refractivity contribution in [2.24, 2.45) is 4.99 Å². The fourth-order valence-corrected chi connectivity index (χ4v) is 0.858. The molecule has 2 N–H and O–H groups in total. The van der Waals surface area contributed by atoms with Crippen LogP contribution < -0.4 is 10.2 Å². The number of hydroxylamine groups is 1. The van der Waals surface area contributed by atoms with Crippen molar-refractivity contribution >= 4 is 12.0 Å². The largest absolute Gasteiger partial charge is 0.433 e. The van der Waals surface area contributed by atoms with Gasteiger partial charge < -0.3 is 4.74 Å². The molecule has 0 aliphatic rings. The van der Waals surface area contributed by atoms with Crippen LogP contribution in [0, 0.1) is 0 Å². The van der Waals surface area contributed by atoms with Crippen LogP contribution in [0.4, 0.5) is 14.5 Å². The van der Waals surface area contributed by atoms with E-state index in [2.05, 4.69) is 9.73 Å². The number of ether oxygens (including phenoxy) is 1. The lowest BCUT2D eigenvalue weighted by atomic mass is 10.3. The van der Waals surface area contributed by atoms with Gasteiger partial charge in [-0.1, -0.05) is 12.1 Å². The van der Waals surface area contributed by atoms with Gasteiger partial charge in [0.25, 0.3) is 0 Å². The first-order chi connectivity index (χ1) is 6.74. The first kappa shape index (κ1) is 10.4. The van der Waals surface area contributed by atoms with E-state index >= 15 is 0 Å². The Labute approximate surface area is 78.8 Å². The molecule has 0 spiro atoms. The summed E-state index contributed by atoms with van der Waals surface area (Å²) < 4.78 is 28.0. The zero-order valence-electron chi connectivity index (χ0n) is 7.02. The molecule has 0 saturated carbocycles. The summed E-state index contributed by atoms with van der Waals surface area (Å²) in [4.78, 5) is 3.63. The molecular formula is C8H8F2N2O2. The van der Waals surface area contributed by atoms with Crippen LogP contribution in [0.15, 0.2) is 29.3 Å². The number of benzene rings is 1. The van der Waals surface area contributed by atoms with Crippen molar-refractivity contribution in [3.8, 4) is 5.75 Å². The van der Waals surface area contributed by atoms with Gasteiger partial charge in [-0.25, -0.2) is 4.99 Å². The van der Waals surface area contributed by atoms with E-state index in [4.69, 9.17) is 5.21 Å². The summed E-state index contributed by atoms with van der Waals surface area (Å²) in [5.74, 6) is -0.0472. The Hall–Kier alpha value is -1.69. The van der Waals surface area contributed by atoms with Crippen LogP contribution in [0.25, 0.3) is 0 Å². The lowest BCUT2D eigenvalue weighted by Gasteiger charge is -2.06. The van der Waals surface area contributed by atoms with Gasteiger partial charge in [0.2, 0.25) is 0 Å². The van der Waals surface area contributed by atoms with Gasteiger partial charge in [-0.3, -0.25) is 10.7 Å². The third kappa shape index (κ3) is 2.98. The molecule has 4 nitrogen and oxygen atoms in total. The maximum absolute atomic E-state index is 11.9. The normalized spacial score (nSPS) is 10.9. The molecule has 0 amide bonds. The minimum absolute atomic E-state index is 0.0472. The Morgan fingerprint density at radius 2 is 2.14 bits per heavy atom. The number of hydrogen-bond donors (Lipinski definition) is 2. The third-order valence-corrected chi connectivity index (χ3v) is 1.34. The molecule has 0 aromatic heterocycles. The smallest absolute Gasteiger partial charge is 0.387 e. The summed E-state index contributed by atoms with van der Waals surface area (Å²) in [6, 6.07) is 5.99. The van der Waals surface area contributed by atoms with E-state index in [1.165, 1.54) is 12.1 Å². The second-order valence-electron chi connectivity index (χ2n) is 2.23. The highest BCUT2D eigenvalue weighted by molar-refractivity contribution is 5.63. The Balaban J connectivity index is 2.85. The van der Waals surface area contributed by atoms with E-state index < -0.39 is 6.61 Å². The van der Waals surface area contributed by atoms with E-state index in [0.29, 0.717) is 0 Å². The van der Waals surface area contributed by atoms with Gasteiger partial charge in [-0.2, -0.15) is 8.78 Å². The molecule has 0 fully saturated rings. The van der Waals surface area contributed by atoms with Crippen molar-refractivity contribution in [2.75, 3.05) is 0 Å². The third-order valence-electron chi connectivity index (χ3n) is 1.34. The standard InChI is InChI=1S/C8H8F2N2O2/c9-8(10)14-7-4-2-1-3-6(7)11-5-12-13/h1-5,8,13H,(H,11,12). The van der Waals surface area contributed by atoms with Crippen molar-refractivity contribution in [3.05, 3.63) is 24.3 Å². The maximum atomic E-state index is 11.9. The SMILES string of the molecule is ONC=Nc1ccccc1OC(F)F. The zero-order valence-corrected chi connectivity index (χ0v) is 7.02. The zero-order chi connectivity index (χ0) is 10.4. The summed E-state index contributed by atoms with van der Waals surface area (Å²) in [5, 5.41) is 8.21. The predicted octanol–water partition coefficient (Wildman–Crippen LogP) is 1.93. The Kier molecular flexibility index (Phi) is 3.81. The van der Waals surface area contributed by atoms with Crippen molar-refractivity contribution in [3.63, 3.8) is 0 Å². The fourth-order valence-electron chi connectivity index (χ4n) is 0.858. The van der Waals surface area contributed by atoms with Crippen LogP contribution in [0.1, 0.15) is 0 Å². The molecule has 1 aromatic carbocycles. The Bertz CT molecular complexity index is 318. The lowest BCUT2D eigenvalue weighted by molar-refractivity contribution is -0.0494. The minimum Gasteiger partial charge on any atom is -0.433 e. The van der Waals surface area contributed by atoms with E-state index in [0.717, 1.165) is 6.34 Å². The van der Waals surface area contributed by atoms with E-state index in [-0.39, 0.29) is 11.4 Å². The fraction of sp³-hybridized carbons (Fsp3) is 0.125. The molecule has 76 valence electrons. The number of nitrogens with one attached hydrogen (secondary N) is 1. The number of nitrogens with zero attached hydrogens (tertiary/aromatic N) is 1. The summed E-state index contributed by atoms with van der Waals surface area (Å²) in [6.07, 6.45) is 0.952. The number of halogens is 2. The molecule has 0 heterocycles. The van der Waals surface area contributed by atoms with Crippen LogP contribution in [-0.2, 0) is 0 Å². The predicted molar refractivity (Wildman–Crippen MR) is 46.1 cm³/mol. The molecule has 6 heteroatoms. The number of para-hydroxylation sites is 2. The van der Waals surface area contributed by atoms with Gasteiger partial charge in [-0.05, 0) is 12.1 Å². The highest BCUT2D eigenvalue weighted by Gasteiger charge is 2.07. The van der Waals surface area contributed by atoms with Crippen LogP contribution in [0.2, 0.25) is 0 Å². The number of aliphatic imine (C=N–C) groups is 1. The molecule has 0 unspecified atom stereocenters. The monoisotopic (exact) mass is 202 g/mol. The van der Waals surface area contributed by atoms with E-state index in [1.807, 2.05) is 0 Å². The highest BCUT2D eigenvalue weighted by atomic mass is 19.3. The van der Waals surface area contributed by atoms with Crippen LogP contribution in [0.5, 0.6) is 5.75 Å². The van der Waals surface area contributed by atoms with E-state index in [1.54, 1.807) is 17.6 Å². The molecular weight excluding hydrogens is 194 g/mol. The first-order valence-corrected chi connectivity index (χ1v) is 3.70. The Morgan fingerprint density at radius 3 is 2.79 bits per heavy atom. The molecule has 0 aliphatic heterocycles. The lowest BCUT2D eigenvalue weighted by Crippen LogP contribution is -2.03. The highest BCUT2D eigenvalue weighted by Crippen LogP contribution is 2.27. The molecule has 1 aromatic rings. The topological polar surface area (TPSA) is 53.8 Å². The molecule has 0 atom stereocenters. The second-order valence-corrected chi connectivity index (χ2v) is 2.23. The summed E-state index contributed by atoms with van der Waals surface area (Å²) in [7, 11) is 0. The van der Waals surface area contributed by atoms with Crippen molar-refractivity contribution in [1.82, 2.24) is 5.48 Å². The van der Waals surface area contributed by atoms with Gasteiger partial charge in [-0.15, -0.1) is 0 Å².